The smallest absolute Gasteiger partial charge is 0.234 e. The van der Waals surface area contributed by atoms with Crippen molar-refractivity contribution in [2.24, 2.45) is 7.05 Å². The van der Waals surface area contributed by atoms with E-state index in [2.05, 4.69) is 15.5 Å². The first-order valence-electron chi connectivity index (χ1n) is 8.42. The predicted molar refractivity (Wildman–Crippen MR) is 110 cm³/mol. The maximum absolute atomic E-state index is 13.2. The van der Waals surface area contributed by atoms with Gasteiger partial charge in [-0.2, -0.15) is 0 Å². The Bertz CT molecular complexity index is 1040. The largest absolute Gasteiger partial charge is 0.493 e. The van der Waals surface area contributed by atoms with Crippen LogP contribution in [-0.2, 0) is 11.8 Å². The summed E-state index contributed by atoms with van der Waals surface area (Å²) in [6, 6.07) is 9.45. The highest BCUT2D eigenvalue weighted by Crippen LogP contribution is 2.32. The van der Waals surface area contributed by atoms with Gasteiger partial charge in [0.05, 0.1) is 25.0 Å². The van der Waals surface area contributed by atoms with E-state index in [0.29, 0.717) is 28.2 Å². The van der Waals surface area contributed by atoms with Crippen LogP contribution in [0.5, 0.6) is 11.5 Å². The molecule has 0 spiro atoms. The Kier molecular flexibility index (Phi) is 6.60. The lowest BCUT2D eigenvalue weighted by Gasteiger charge is -2.09. The molecule has 0 fully saturated rings. The van der Waals surface area contributed by atoms with Crippen LogP contribution < -0.4 is 14.8 Å². The molecule has 152 valence electrons. The zero-order valence-electron chi connectivity index (χ0n) is 15.9. The van der Waals surface area contributed by atoms with Gasteiger partial charge in [0.2, 0.25) is 5.91 Å². The van der Waals surface area contributed by atoms with Crippen molar-refractivity contribution in [1.29, 1.82) is 0 Å². The molecule has 1 amide bonds. The first-order chi connectivity index (χ1) is 13.9. The number of hydrogen-bond donors (Lipinski definition) is 1. The first kappa shape index (κ1) is 20.9. The number of benzene rings is 2. The summed E-state index contributed by atoms with van der Waals surface area (Å²) in [5, 5.41) is 11.5. The van der Waals surface area contributed by atoms with E-state index in [1.807, 2.05) is 19.2 Å². The van der Waals surface area contributed by atoms with Crippen LogP contribution in [0.25, 0.3) is 11.4 Å². The summed E-state index contributed by atoms with van der Waals surface area (Å²) < 4.78 is 25.6. The number of methoxy groups -OCH3 is 2. The molecule has 1 N–H and O–H groups in total. The number of nitrogens with zero attached hydrogens (tertiary/aromatic N) is 3. The highest BCUT2D eigenvalue weighted by atomic mass is 35.5. The van der Waals surface area contributed by atoms with Gasteiger partial charge < -0.3 is 19.4 Å². The number of anilines is 1. The van der Waals surface area contributed by atoms with Crippen LogP contribution in [0, 0.1) is 5.82 Å². The molecule has 0 radical (unpaired) electrons. The first-order valence-corrected chi connectivity index (χ1v) is 9.78. The van der Waals surface area contributed by atoms with E-state index >= 15 is 0 Å². The fourth-order valence-electron chi connectivity index (χ4n) is 2.57. The lowest BCUT2D eigenvalue weighted by atomic mass is 10.2. The normalized spacial score (nSPS) is 10.7. The van der Waals surface area contributed by atoms with E-state index in [0.717, 1.165) is 5.56 Å². The lowest BCUT2D eigenvalue weighted by molar-refractivity contribution is -0.113. The van der Waals surface area contributed by atoms with Gasteiger partial charge in [-0.25, -0.2) is 4.39 Å². The van der Waals surface area contributed by atoms with Crippen molar-refractivity contribution < 1.29 is 18.7 Å². The van der Waals surface area contributed by atoms with Gasteiger partial charge in [-0.3, -0.25) is 4.79 Å². The van der Waals surface area contributed by atoms with Gasteiger partial charge in [-0.15, -0.1) is 10.2 Å². The second-order valence-corrected chi connectivity index (χ2v) is 7.25. The van der Waals surface area contributed by atoms with Gasteiger partial charge >= 0.3 is 0 Å². The van der Waals surface area contributed by atoms with E-state index in [4.69, 9.17) is 21.1 Å². The molecule has 0 aliphatic heterocycles. The van der Waals surface area contributed by atoms with Crippen molar-refractivity contribution in [2.45, 2.75) is 5.16 Å². The topological polar surface area (TPSA) is 78.3 Å². The highest BCUT2D eigenvalue weighted by molar-refractivity contribution is 7.99. The van der Waals surface area contributed by atoms with Crippen molar-refractivity contribution in [1.82, 2.24) is 14.8 Å². The second-order valence-electron chi connectivity index (χ2n) is 5.90. The van der Waals surface area contributed by atoms with Crippen LogP contribution in [0.4, 0.5) is 10.1 Å². The fourth-order valence-corrected chi connectivity index (χ4v) is 3.46. The minimum atomic E-state index is -0.541. The molecule has 0 atom stereocenters. The summed E-state index contributed by atoms with van der Waals surface area (Å²) in [5.41, 5.74) is 1.22. The predicted octanol–water partition coefficient (Wildman–Crippen LogP) is 4.02. The van der Waals surface area contributed by atoms with Gasteiger partial charge in [0, 0.05) is 18.3 Å². The van der Waals surface area contributed by atoms with Gasteiger partial charge in [-0.05, 0) is 36.4 Å². The summed E-state index contributed by atoms with van der Waals surface area (Å²) in [6.07, 6.45) is 0. The number of hydrogen-bond acceptors (Lipinski definition) is 6. The second kappa shape index (κ2) is 9.15. The standard InChI is InChI=1S/C19H18ClFN4O3S/c1-25-18(11-4-7-15(27-2)16(8-11)28-3)23-24-19(25)29-10-17(26)22-12-5-6-14(21)13(20)9-12/h4-9H,10H2,1-3H3,(H,22,26). The van der Waals surface area contributed by atoms with Crippen LogP contribution >= 0.6 is 23.4 Å². The average molecular weight is 437 g/mol. The number of aromatic nitrogens is 3. The lowest BCUT2D eigenvalue weighted by Crippen LogP contribution is -2.14. The molecule has 0 unspecified atom stereocenters. The molecule has 10 heteroatoms. The van der Waals surface area contributed by atoms with E-state index in [1.165, 1.54) is 30.0 Å². The van der Waals surface area contributed by atoms with Crippen LogP contribution in [0.1, 0.15) is 0 Å². The Morgan fingerprint density at radius 2 is 1.93 bits per heavy atom. The number of ether oxygens (including phenoxy) is 2. The number of thioether (sulfide) groups is 1. The van der Waals surface area contributed by atoms with Gasteiger partial charge in [-0.1, -0.05) is 23.4 Å². The van der Waals surface area contributed by atoms with Crippen molar-refractivity contribution in [3.8, 4) is 22.9 Å². The minimum absolute atomic E-state index is 0.0525. The van der Waals surface area contributed by atoms with E-state index in [-0.39, 0.29) is 16.7 Å². The summed E-state index contributed by atoms with van der Waals surface area (Å²) in [4.78, 5) is 12.2. The van der Waals surface area contributed by atoms with E-state index in [9.17, 15) is 9.18 Å². The molecule has 7 nitrogen and oxygen atoms in total. The van der Waals surface area contributed by atoms with E-state index in [1.54, 1.807) is 24.9 Å². The number of rotatable bonds is 7. The molecule has 0 aliphatic carbocycles. The zero-order chi connectivity index (χ0) is 21.0. The Balaban J connectivity index is 1.68. The third-order valence-corrected chi connectivity index (χ3v) is 5.32. The summed E-state index contributed by atoms with van der Waals surface area (Å²) >= 11 is 6.95. The Morgan fingerprint density at radius 1 is 1.17 bits per heavy atom. The maximum Gasteiger partial charge on any atom is 0.234 e. The Morgan fingerprint density at radius 3 is 2.62 bits per heavy atom. The average Bonchev–Trinajstić information content (AvgIpc) is 3.09. The molecular formula is C19H18ClFN4O3S. The zero-order valence-corrected chi connectivity index (χ0v) is 17.5. The molecular weight excluding hydrogens is 419 g/mol. The van der Waals surface area contributed by atoms with Gasteiger partial charge in [0.25, 0.3) is 0 Å². The molecule has 1 aromatic heterocycles. The molecule has 29 heavy (non-hydrogen) atoms. The maximum atomic E-state index is 13.2. The monoisotopic (exact) mass is 436 g/mol. The third kappa shape index (κ3) is 4.80. The fraction of sp³-hybridized carbons (Fsp3) is 0.211. The Labute approximate surface area is 176 Å². The van der Waals surface area contributed by atoms with E-state index < -0.39 is 5.82 Å². The minimum Gasteiger partial charge on any atom is -0.493 e. The van der Waals surface area contributed by atoms with Crippen LogP contribution in [0.3, 0.4) is 0 Å². The van der Waals surface area contributed by atoms with Crippen LogP contribution in [0.15, 0.2) is 41.6 Å². The molecule has 1 heterocycles. The molecule has 0 saturated heterocycles. The van der Waals surface area contributed by atoms with Crippen LogP contribution in [-0.4, -0.2) is 40.6 Å². The van der Waals surface area contributed by atoms with Crippen molar-refractivity contribution in [2.75, 3.05) is 25.3 Å². The SMILES string of the molecule is COc1ccc(-c2nnc(SCC(=O)Nc3ccc(F)c(Cl)c3)n2C)cc1OC. The number of nitrogens with one attached hydrogen (secondary N) is 1. The van der Waals surface area contributed by atoms with Gasteiger partial charge in [0.15, 0.2) is 22.5 Å². The van der Waals surface area contributed by atoms with Gasteiger partial charge in [0.1, 0.15) is 5.82 Å². The quantitative estimate of drug-likeness (QED) is 0.563. The Hall–Kier alpha value is -2.78. The third-order valence-electron chi connectivity index (χ3n) is 4.01. The molecule has 3 aromatic rings. The van der Waals surface area contributed by atoms with Crippen LogP contribution in [0.2, 0.25) is 5.02 Å². The van der Waals surface area contributed by atoms with Crippen molar-refractivity contribution >= 4 is 35.0 Å². The van der Waals surface area contributed by atoms with Crippen molar-refractivity contribution in [3.63, 3.8) is 0 Å². The van der Waals surface area contributed by atoms with Crippen molar-refractivity contribution in [3.05, 3.63) is 47.2 Å². The highest BCUT2D eigenvalue weighted by Gasteiger charge is 2.15. The molecule has 2 aromatic carbocycles. The number of carbonyl (C=O) groups excluding carboxylic acids is 1. The number of amides is 1. The summed E-state index contributed by atoms with van der Waals surface area (Å²) in [6.45, 7) is 0. The molecule has 0 aliphatic rings. The summed E-state index contributed by atoms with van der Waals surface area (Å²) in [7, 11) is 4.94. The molecule has 0 saturated carbocycles. The number of carbonyl (C=O) groups is 1. The molecule has 3 rings (SSSR count). The molecule has 0 bridgehead atoms. The number of halogens is 2. The summed E-state index contributed by atoms with van der Waals surface area (Å²) in [5.74, 6) is 1.12.